The van der Waals surface area contributed by atoms with E-state index in [1.54, 1.807) is 11.3 Å². The van der Waals surface area contributed by atoms with Gasteiger partial charge in [-0.05, 0) is 25.7 Å². The zero-order valence-electron chi connectivity index (χ0n) is 12.0. The van der Waals surface area contributed by atoms with Gasteiger partial charge in [-0.15, -0.1) is 36.2 Å². The van der Waals surface area contributed by atoms with Gasteiger partial charge in [0.1, 0.15) is 5.69 Å². The van der Waals surface area contributed by atoms with E-state index in [1.165, 1.54) is 0 Å². The van der Waals surface area contributed by atoms with Gasteiger partial charge in [0.25, 0.3) is 5.91 Å². The van der Waals surface area contributed by atoms with E-state index < -0.39 is 0 Å². The number of thiazole rings is 1. The molecule has 1 unspecified atom stereocenters. The number of hydrogen-bond acceptors (Lipinski definition) is 4. The predicted molar refractivity (Wildman–Crippen MR) is 88.3 cm³/mol. The number of nitrogens with two attached hydrogens (primary N) is 1. The van der Waals surface area contributed by atoms with Crippen molar-refractivity contribution in [3.8, 4) is 0 Å². The number of nitrogens with one attached hydrogen (secondary N) is 1. The van der Waals surface area contributed by atoms with Crippen LogP contribution in [0.25, 0.3) is 0 Å². The Labute approximate surface area is 136 Å². The van der Waals surface area contributed by atoms with Gasteiger partial charge in [0, 0.05) is 17.8 Å². The molecule has 0 bridgehead atoms. The molecule has 1 fully saturated rings. The molecule has 3 N–H and O–H groups in total. The van der Waals surface area contributed by atoms with Crippen LogP contribution in [0.1, 0.15) is 55.0 Å². The Kier molecular flexibility index (Phi) is 7.46. The van der Waals surface area contributed by atoms with Crippen molar-refractivity contribution in [3.05, 3.63) is 16.1 Å². The van der Waals surface area contributed by atoms with Crippen molar-refractivity contribution < 1.29 is 4.79 Å². The zero-order chi connectivity index (χ0) is 13.3. The molecule has 0 aliphatic heterocycles. The van der Waals surface area contributed by atoms with Crippen LogP contribution >= 0.6 is 36.2 Å². The summed E-state index contributed by atoms with van der Waals surface area (Å²) in [6.45, 7) is 6.66. The normalized spacial score (nSPS) is 16.9. The first-order valence-corrected chi connectivity index (χ1v) is 7.32. The molecule has 20 heavy (non-hydrogen) atoms. The summed E-state index contributed by atoms with van der Waals surface area (Å²) >= 11 is 1.54. The van der Waals surface area contributed by atoms with E-state index in [4.69, 9.17) is 5.73 Å². The molecule has 1 aromatic heterocycles. The van der Waals surface area contributed by atoms with Crippen LogP contribution in [-0.2, 0) is 0 Å². The molecular formula is C13H23Cl2N3OS. The number of hydrogen-bond donors (Lipinski definition) is 2. The molecule has 1 aliphatic rings. The van der Waals surface area contributed by atoms with Gasteiger partial charge in [0.2, 0.25) is 0 Å². The summed E-state index contributed by atoms with van der Waals surface area (Å²) in [6, 6.07) is 0. The molecular weight excluding hydrogens is 317 g/mol. The third-order valence-corrected chi connectivity index (χ3v) is 4.70. The van der Waals surface area contributed by atoms with Gasteiger partial charge in [-0.3, -0.25) is 4.79 Å². The molecule has 1 aliphatic carbocycles. The highest BCUT2D eigenvalue weighted by atomic mass is 35.5. The summed E-state index contributed by atoms with van der Waals surface area (Å²) in [5.41, 5.74) is 6.03. The SMILES string of the molecule is CC(C)c1nc(C(=O)NC(C)(CN)C2CC2)cs1.Cl.Cl. The molecule has 1 heterocycles. The monoisotopic (exact) mass is 339 g/mol. The Hall–Kier alpha value is -0.360. The van der Waals surface area contributed by atoms with Crippen LogP contribution in [0.15, 0.2) is 5.38 Å². The van der Waals surface area contributed by atoms with Crippen molar-refractivity contribution in [2.24, 2.45) is 11.7 Å². The average molecular weight is 340 g/mol. The van der Waals surface area contributed by atoms with Gasteiger partial charge >= 0.3 is 0 Å². The third kappa shape index (κ3) is 4.32. The number of nitrogens with zero attached hydrogens (tertiary/aromatic N) is 1. The number of rotatable bonds is 5. The van der Waals surface area contributed by atoms with Crippen molar-refractivity contribution in [2.45, 2.75) is 45.1 Å². The first-order valence-electron chi connectivity index (χ1n) is 6.44. The highest BCUT2D eigenvalue weighted by molar-refractivity contribution is 7.09. The molecule has 2 rings (SSSR count). The Morgan fingerprint density at radius 2 is 2.15 bits per heavy atom. The predicted octanol–water partition coefficient (Wildman–Crippen LogP) is 2.97. The lowest BCUT2D eigenvalue weighted by Crippen LogP contribution is -2.53. The lowest BCUT2D eigenvalue weighted by molar-refractivity contribution is 0.0893. The zero-order valence-corrected chi connectivity index (χ0v) is 14.5. The fourth-order valence-electron chi connectivity index (χ4n) is 2.02. The van der Waals surface area contributed by atoms with Crippen LogP contribution in [0.5, 0.6) is 0 Å². The minimum Gasteiger partial charge on any atom is -0.344 e. The second-order valence-corrected chi connectivity index (χ2v) is 6.47. The lowest BCUT2D eigenvalue weighted by Gasteiger charge is -2.29. The largest absolute Gasteiger partial charge is 0.344 e. The molecule has 1 saturated carbocycles. The summed E-state index contributed by atoms with van der Waals surface area (Å²) in [5, 5.41) is 5.88. The number of halogens is 2. The van der Waals surface area contributed by atoms with Crippen LogP contribution in [0.2, 0.25) is 0 Å². The van der Waals surface area contributed by atoms with Gasteiger partial charge in [-0.1, -0.05) is 13.8 Å². The molecule has 1 atom stereocenters. The summed E-state index contributed by atoms with van der Waals surface area (Å²) in [7, 11) is 0. The van der Waals surface area contributed by atoms with Crippen LogP contribution < -0.4 is 11.1 Å². The summed E-state index contributed by atoms with van der Waals surface area (Å²) in [4.78, 5) is 16.5. The average Bonchev–Trinajstić information content (AvgIpc) is 3.06. The van der Waals surface area contributed by atoms with Crippen molar-refractivity contribution in [1.82, 2.24) is 10.3 Å². The lowest BCUT2D eigenvalue weighted by atomic mass is 9.96. The number of carbonyl (C=O) groups is 1. The fraction of sp³-hybridized carbons (Fsp3) is 0.692. The summed E-state index contributed by atoms with van der Waals surface area (Å²) in [6.07, 6.45) is 2.31. The highest BCUT2D eigenvalue weighted by Crippen LogP contribution is 2.39. The number of amides is 1. The Morgan fingerprint density at radius 3 is 2.55 bits per heavy atom. The van der Waals surface area contributed by atoms with Crippen LogP contribution in [0.3, 0.4) is 0 Å². The second-order valence-electron chi connectivity index (χ2n) is 5.58. The van der Waals surface area contributed by atoms with E-state index in [-0.39, 0.29) is 36.3 Å². The Balaban J connectivity index is 0.00000180. The number of carbonyl (C=O) groups excluding carboxylic acids is 1. The highest BCUT2D eigenvalue weighted by Gasteiger charge is 2.41. The quantitative estimate of drug-likeness (QED) is 0.866. The van der Waals surface area contributed by atoms with Gasteiger partial charge < -0.3 is 11.1 Å². The molecule has 0 spiro atoms. The van der Waals surface area contributed by atoms with E-state index >= 15 is 0 Å². The molecule has 4 nitrogen and oxygen atoms in total. The van der Waals surface area contributed by atoms with E-state index in [0.29, 0.717) is 24.1 Å². The smallest absolute Gasteiger partial charge is 0.271 e. The van der Waals surface area contributed by atoms with Crippen molar-refractivity contribution in [1.29, 1.82) is 0 Å². The molecule has 0 saturated heterocycles. The second kappa shape index (κ2) is 7.59. The maximum absolute atomic E-state index is 12.2. The van der Waals surface area contributed by atoms with Crippen LogP contribution in [0.4, 0.5) is 0 Å². The third-order valence-electron chi connectivity index (χ3n) is 3.55. The topological polar surface area (TPSA) is 68.0 Å². The molecule has 116 valence electrons. The van der Waals surface area contributed by atoms with Gasteiger partial charge in [-0.2, -0.15) is 0 Å². The maximum atomic E-state index is 12.2. The molecule has 7 heteroatoms. The summed E-state index contributed by atoms with van der Waals surface area (Å²) < 4.78 is 0. The first kappa shape index (κ1) is 19.6. The molecule has 1 amide bonds. The standard InChI is InChI=1S/C13H21N3OS.2ClH/c1-8(2)12-15-10(6-18-12)11(17)16-13(3,7-14)9-4-5-9;;/h6,8-9H,4-5,7,14H2,1-3H3,(H,16,17);2*1H. The maximum Gasteiger partial charge on any atom is 0.271 e. The van der Waals surface area contributed by atoms with Crippen LogP contribution in [0, 0.1) is 5.92 Å². The first-order chi connectivity index (χ1) is 8.46. The van der Waals surface area contributed by atoms with Crippen molar-refractivity contribution >= 4 is 42.1 Å². The van der Waals surface area contributed by atoms with E-state index in [2.05, 4.69) is 24.1 Å². The number of aromatic nitrogens is 1. The molecule has 1 aromatic rings. The van der Waals surface area contributed by atoms with Crippen molar-refractivity contribution in [2.75, 3.05) is 6.54 Å². The van der Waals surface area contributed by atoms with Gasteiger partial charge in [0.05, 0.1) is 10.5 Å². The van der Waals surface area contributed by atoms with Gasteiger partial charge in [-0.25, -0.2) is 4.98 Å². The van der Waals surface area contributed by atoms with Crippen LogP contribution in [-0.4, -0.2) is 23.0 Å². The van der Waals surface area contributed by atoms with E-state index in [1.807, 2.05) is 12.3 Å². The summed E-state index contributed by atoms with van der Waals surface area (Å²) in [5.74, 6) is 0.786. The van der Waals surface area contributed by atoms with Gasteiger partial charge in [0.15, 0.2) is 0 Å². The Morgan fingerprint density at radius 1 is 1.55 bits per heavy atom. The van der Waals surface area contributed by atoms with E-state index in [0.717, 1.165) is 17.8 Å². The fourth-order valence-corrected chi connectivity index (χ4v) is 2.84. The molecule has 0 radical (unpaired) electrons. The van der Waals surface area contributed by atoms with E-state index in [9.17, 15) is 4.79 Å². The molecule has 0 aromatic carbocycles. The van der Waals surface area contributed by atoms with Crippen molar-refractivity contribution in [3.63, 3.8) is 0 Å². The Bertz CT molecular complexity index is 449. The minimum absolute atomic E-state index is 0. The minimum atomic E-state index is -0.279.